The highest BCUT2D eigenvalue weighted by Gasteiger charge is 2.08. The number of thioether (sulfide) groups is 1. The van der Waals surface area contributed by atoms with Gasteiger partial charge in [0.2, 0.25) is 0 Å². The van der Waals surface area contributed by atoms with Crippen LogP contribution in [0.3, 0.4) is 0 Å². The molecule has 0 aromatic rings. The maximum absolute atomic E-state index is 4.07. The molecule has 0 N–H and O–H groups in total. The van der Waals surface area contributed by atoms with Crippen molar-refractivity contribution in [2.45, 2.75) is 0 Å². The number of hydrogen-bond acceptors (Lipinski definition) is 3. The lowest BCUT2D eigenvalue weighted by Crippen LogP contribution is -1.87. The average molecular weight is 152 g/mol. The largest absolute Gasteiger partial charge is 0.279 e. The van der Waals surface area contributed by atoms with Crippen LogP contribution in [-0.2, 0) is 0 Å². The van der Waals surface area contributed by atoms with Crippen molar-refractivity contribution < 1.29 is 0 Å². The topological polar surface area (TPSA) is 24.7 Å². The normalized spacial score (nSPS) is 24.5. The van der Waals surface area contributed by atoms with E-state index in [4.69, 9.17) is 0 Å². The lowest BCUT2D eigenvalue weighted by Gasteiger charge is -1.90. The molecule has 52 valence electrons. The van der Waals surface area contributed by atoms with Crippen molar-refractivity contribution in [1.29, 1.82) is 0 Å². The molecule has 0 amide bonds. The van der Waals surface area contributed by atoms with Crippen LogP contribution in [0.4, 0.5) is 0 Å². The Morgan fingerprint density at radius 3 is 3.20 bits per heavy atom. The van der Waals surface area contributed by atoms with Crippen LogP contribution in [0.15, 0.2) is 34.4 Å². The van der Waals surface area contributed by atoms with Gasteiger partial charge in [-0.2, -0.15) is 0 Å². The summed E-state index contributed by atoms with van der Waals surface area (Å²) in [6.07, 6.45) is 3.56. The van der Waals surface area contributed by atoms with Crippen molar-refractivity contribution in [2.24, 2.45) is 9.98 Å². The van der Waals surface area contributed by atoms with Crippen molar-refractivity contribution in [3.63, 3.8) is 0 Å². The van der Waals surface area contributed by atoms with Crippen LogP contribution in [0.1, 0.15) is 0 Å². The van der Waals surface area contributed by atoms with E-state index in [1.54, 1.807) is 18.7 Å². The Bertz CT molecular complexity index is 226. The zero-order valence-electron chi connectivity index (χ0n) is 5.74. The third-order valence-electron chi connectivity index (χ3n) is 1.05. The SMILES string of the molecule is C=C/C=C1/N=CS/C1=N/C. The maximum atomic E-state index is 4.07. The molecule has 0 aromatic heterocycles. The van der Waals surface area contributed by atoms with Crippen LogP contribution < -0.4 is 0 Å². The highest BCUT2D eigenvalue weighted by Crippen LogP contribution is 2.18. The van der Waals surface area contributed by atoms with Crippen molar-refractivity contribution in [3.05, 3.63) is 24.4 Å². The standard InChI is InChI=1S/C7H8N2S/c1-3-4-6-7(8-2)10-5-9-6/h3-5H,1H2,2H3/b6-4+,8-7+. The van der Waals surface area contributed by atoms with Gasteiger partial charge in [0.1, 0.15) is 5.04 Å². The fourth-order valence-corrected chi connectivity index (χ4v) is 1.25. The molecule has 0 aliphatic carbocycles. The molecular weight excluding hydrogens is 144 g/mol. The van der Waals surface area contributed by atoms with Gasteiger partial charge >= 0.3 is 0 Å². The predicted molar refractivity (Wildman–Crippen MR) is 47.7 cm³/mol. The summed E-state index contributed by atoms with van der Waals surface area (Å²) < 4.78 is 0. The molecule has 0 bridgehead atoms. The average Bonchev–Trinajstić information content (AvgIpc) is 2.36. The summed E-state index contributed by atoms with van der Waals surface area (Å²) in [5.74, 6) is 0. The van der Waals surface area contributed by atoms with Gasteiger partial charge in [0.25, 0.3) is 0 Å². The number of nitrogens with zero attached hydrogens (tertiary/aromatic N) is 2. The summed E-state index contributed by atoms with van der Waals surface area (Å²) in [4.78, 5) is 8.10. The highest BCUT2D eigenvalue weighted by atomic mass is 32.2. The molecule has 1 aliphatic heterocycles. The molecule has 2 nitrogen and oxygen atoms in total. The molecule has 0 saturated heterocycles. The van der Waals surface area contributed by atoms with Gasteiger partial charge in [-0.25, -0.2) is 4.99 Å². The molecule has 0 saturated carbocycles. The van der Waals surface area contributed by atoms with Gasteiger partial charge in [0.15, 0.2) is 0 Å². The molecule has 0 spiro atoms. The van der Waals surface area contributed by atoms with Gasteiger partial charge < -0.3 is 0 Å². The first-order valence-electron chi connectivity index (χ1n) is 2.87. The molecule has 1 heterocycles. The summed E-state index contributed by atoms with van der Waals surface area (Å²) in [7, 11) is 1.76. The number of rotatable bonds is 1. The lowest BCUT2D eigenvalue weighted by molar-refractivity contribution is 1.42. The molecule has 1 aliphatic rings. The van der Waals surface area contributed by atoms with Crippen LogP contribution in [0.2, 0.25) is 0 Å². The monoisotopic (exact) mass is 152 g/mol. The lowest BCUT2D eigenvalue weighted by atomic mass is 10.4. The summed E-state index contributed by atoms with van der Waals surface area (Å²) in [5, 5.41) is 0.958. The molecule has 1 rings (SSSR count). The van der Waals surface area contributed by atoms with Gasteiger partial charge in [0, 0.05) is 7.05 Å². The third-order valence-corrected chi connectivity index (χ3v) is 1.88. The maximum Gasteiger partial charge on any atom is 0.122 e. The number of aliphatic imine (C=N–C) groups is 2. The first-order chi connectivity index (χ1) is 4.88. The van der Waals surface area contributed by atoms with E-state index < -0.39 is 0 Å². The summed E-state index contributed by atoms with van der Waals surface area (Å²) in [6.45, 7) is 3.58. The Labute approximate surface area is 64.5 Å². The van der Waals surface area contributed by atoms with E-state index in [9.17, 15) is 0 Å². The molecule has 0 aromatic carbocycles. The zero-order valence-corrected chi connectivity index (χ0v) is 6.56. The number of allylic oxidation sites excluding steroid dienone is 2. The second-order valence-electron chi connectivity index (χ2n) is 1.67. The molecule has 0 radical (unpaired) electrons. The molecule has 10 heavy (non-hydrogen) atoms. The minimum atomic E-state index is 0.905. The minimum absolute atomic E-state index is 0.905. The van der Waals surface area contributed by atoms with E-state index in [2.05, 4.69) is 16.6 Å². The third kappa shape index (κ3) is 1.36. The predicted octanol–water partition coefficient (Wildman–Crippen LogP) is 1.86. The van der Waals surface area contributed by atoms with E-state index in [1.807, 2.05) is 6.08 Å². The molecular formula is C7H8N2S. The fraction of sp³-hybridized carbons (Fsp3) is 0.143. The van der Waals surface area contributed by atoms with Crippen LogP contribution in [-0.4, -0.2) is 17.6 Å². The molecule has 0 unspecified atom stereocenters. The molecule has 0 fully saturated rings. The van der Waals surface area contributed by atoms with Crippen molar-refractivity contribution in [2.75, 3.05) is 7.05 Å². The number of hydrogen-bond donors (Lipinski definition) is 0. The Balaban J connectivity index is 2.86. The van der Waals surface area contributed by atoms with E-state index in [0.717, 1.165) is 10.7 Å². The van der Waals surface area contributed by atoms with E-state index in [0.29, 0.717) is 0 Å². The summed E-state index contributed by atoms with van der Waals surface area (Å²) in [5.41, 5.74) is 2.68. The van der Waals surface area contributed by atoms with Crippen LogP contribution in [0.5, 0.6) is 0 Å². The van der Waals surface area contributed by atoms with Gasteiger partial charge in [-0.3, -0.25) is 4.99 Å². The van der Waals surface area contributed by atoms with Gasteiger partial charge in [-0.05, 0) is 6.08 Å². The Kier molecular flexibility index (Phi) is 2.45. The first-order valence-corrected chi connectivity index (χ1v) is 3.75. The summed E-state index contributed by atoms with van der Waals surface area (Å²) >= 11 is 1.53. The van der Waals surface area contributed by atoms with Crippen molar-refractivity contribution >= 4 is 22.4 Å². The second-order valence-corrected chi connectivity index (χ2v) is 2.50. The van der Waals surface area contributed by atoms with Crippen LogP contribution >= 0.6 is 11.8 Å². The quantitative estimate of drug-likeness (QED) is 0.563. The fourth-order valence-electron chi connectivity index (χ4n) is 0.642. The molecule has 3 heteroatoms. The van der Waals surface area contributed by atoms with Gasteiger partial charge in [0.05, 0.1) is 11.2 Å². The van der Waals surface area contributed by atoms with Crippen LogP contribution in [0.25, 0.3) is 0 Å². The Morgan fingerprint density at radius 1 is 1.80 bits per heavy atom. The Morgan fingerprint density at radius 2 is 2.60 bits per heavy atom. The van der Waals surface area contributed by atoms with E-state index in [-0.39, 0.29) is 0 Å². The molecule has 0 atom stereocenters. The Hall–Kier alpha value is -0.830. The zero-order chi connectivity index (χ0) is 7.40. The van der Waals surface area contributed by atoms with Crippen molar-refractivity contribution in [3.8, 4) is 0 Å². The smallest absolute Gasteiger partial charge is 0.122 e. The summed E-state index contributed by atoms with van der Waals surface area (Å²) in [6, 6.07) is 0. The van der Waals surface area contributed by atoms with Gasteiger partial charge in [-0.1, -0.05) is 24.4 Å². The van der Waals surface area contributed by atoms with Crippen LogP contribution in [0, 0.1) is 0 Å². The van der Waals surface area contributed by atoms with E-state index >= 15 is 0 Å². The first kappa shape index (κ1) is 7.28. The second kappa shape index (κ2) is 3.37. The minimum Gasteiger partial charge on any atom is -0.279 e. The van der Waals surface area contributed by atoms with E-state index in [1.165, 1.54) is 11.8 Å². The highest BCUT2D eigenvalue weighted by molar-refractivity contribution is 8.25. The van der Waals surface area contributed by atoms with Gasteiger partial charge in [-0.15, -0.1) is 0 Å². The van der Waals surface area contributed by atoms with Crippen molar-refractivity contribution in [1.82, 2.24) is 0 Å².